The lowest BCUT2D eigenvalue weighted by molar-refractivity contribution is -0.140. The molecular weight excluding hydrogens is 512 g/mol. The van der Waals surface area contributed by atoms with Gasteiger partial charge in [-0.15, -0.1) is 0 Å². The van der Waals surface area contributed by atoms with Crippen molar-refractivity contribution < 1.29 is 38.1 Å². The van der Waals surface area contributed by atoms with Crippen molar-refractivity contribution in [3.05, 3.63) is 126 Å². The zero-order valence-electron chi connectivity index (χ0n) is 22.0. The van der Waals surface area contributed by atoms with Crippen molar-refractivity contribution in [2.45, 2.75) is 26.7 Å². The summed E-state index contributed by atoms with van der Waals surface area (Å²) in [4.78, 5) is 47.3. The van der Waals surface area contributed by atoms with Gasteiger partial charge in [0, 0.05) is 18.2 Å². The van der Waals surface area contributed by atoms with Gasteiger partial charge in [-0.3, -0.25) is 0 Å². The van der Waals surface area contributed by atoms with Crippen LogP contribution in [-0.2, 0) is 48.4 Å². The number of carbonyl (C=O) groups is 4. The number of carbonyl (C=O) groups excluding carboxylic acids is 4. The summed E-state index contributed by atoms with van der Waals surface area (Å²) in [5.74, 6) is -1.96. The number of esters is 4. The summed E-state index contributed by atoms with van der Waals surface area (Å²) in [6.45, 7) is 11.8. The lowest BCUT2D eigenvalue weighted by atomic mass is 10.0. The zero-order valence-corrected chi connectivity index (χ0v) is 22.0. The summed E-state index contributed by atoms with van der Waals surface area (Å²) in [5, 5.41) is 0. The van der Waals surface area contributed by atoms with E-state index in [1.54, 1.807) is 12.1 Å². The molecule has 0 atom stereocenters. The molecule has 0 bridgehead atoms. The molecule has 0 saturated carbocycles. The zero-order chi connectivity index (χ0) is 29.1. The van der Waals surface area contributed by atoms with Crippen molar-refractivity contribution in [1.82, 2.24) is 0 Å². The van der Waals surface area contributed by atoms with Gasteiger partial charge < -0.3 is 18.9 Å². The molecule has 0 N–H and O–H groups in total. The minimum Gasteiger partial charge on any atom is -0.458 e. The van der Waals surface area contributed by atoms with Crippen LogP contribution in [0.4, 0.5) is 0 Å². The molecule has 0 radical (unpaired) electrons. The first kappa shape index (κ1) is 29.3. The molecule has 8 heteroatoms. The first-order chi connectivity index (χ1) is 19.2. The van der Waals surface area contributed by atoms with E-state index in [4.69, 9.17) is 18.9 Å². The van der Waals surface area contributed by atoms with Gasteiger partial charge in [-0.1, -0.05) is 56.1 Å². The maximum Gasteiger partial charge on any atom is 0.343 e. The third-order valence-electron chi connectivity index (χ3n) is 5.73. The number of hydrogen-bond acceptors (Lipinski definition) is 8. The minimum absolute atomic E-state index is 0.0946. The third-order valence-corrected chi connectivity index (χ3v) is 5.73. The Balaban J connectivity index is 1.74. The Morgan fingerprint density at radius 1 is 0.650 bits per heavy atom. The fraction of sp³-hybridized carbons (Fsp3) is 0.125. The molecule has 8 nitrogen and oxygen atoms in total. The van der Waals surface area contributed by atoms with E-state index >= 15 is 0 Å². The molecule has 0 aromatic heterocycles. The van der Waals surface area contributed by atoms with E-state index in [9.17, 15) is 19.2 Å². The average molecular weight is 541 g/mol. The molecule has 0 fully saturated rings. The second-order valence-corrected chi connectivity index (χ2v) is 8.49. The van der Waals surface area contributed by atoms with Crippen LogP contribution in [0.2, 0.25) is 0 Å². The fourth-order valence-corrected chi connectivity index (χ4v) is 3.55. The van der Waals surface area contributed by atoms with Gasteiger partial charge in [-0.2, -0.15) is 0 Å². The molecule has 3 rings (SSSR count). The van der Waals surface area contributed by atoms with Crippen LogP contribution in [-0.4, -0.2) is 23.9 Å². The molecule has 3 aromatic rings. The molecule has 0 aliphatic rings. The van der Waals surface area contributed by atoms with Crippen LogP contribution in [0.5, 0.6) is 5.75 Å². The predicted molar refractivity (Wildman–Crippen MR) is 148 cm³/mol. The first-order valence-corrected chi connectivity index (χ1v) is 12.2. The van der Waals surface area contributed by atoms with Gasteiger partial charge >= 0.3 is 23.9 Å². The van der Waals surface area contributed by atoms with Crippen LogP contribution in [0, 0.1) is 6.92 Å². The van der Waals surface area contributed by atoms with Crippen molar-refractivity contribution in [3.63, 3.8) is 0 Å². The van der Waals surface area contributed by atoms with Gasteiger partial charge in [-0.25, -0.2) is 19.2 Å². The lowest BCUT2D eigenvalue weighted by Gasteiger charge is -2.13. The van der Waals surface area contributed by atoms with Gasteiger partial charge in [-0.05, 0) is 64.6 Å². The van der Waals surface area contributed by atoms with Crippen LogP contribution in [0.15, 0.2) is 98.6 Å². The highest BCUT2D eigenvalue weighted by Crippen LogP contribution is 2.27. The van der Waals surface area contributed by atoms with Crippen molar-refractivity contribution in [3.8, 4) is 16.9 Å². The Bertz CT molecular complexity index is 1450. The quantitative estimate of drug-likeness (QED) is 0.127. The summed E-state index contributed by atoms with van der Waals surface area (Å²) in [7, 11) is 0. The topological polar surface area (TPSA) is 105 Å². The minimum atomic E-state index is -0.636. The Kier molecular flexibility index (Phi) is 10.3. The van der Waals surface area contributed by atoms with Gasteiger partial charge in [0.15, 0.2) is 0 Å². The number of aryl methyl sites for hydroxylation is 1. The van der Waals surface area contributed by atoms with E-state index in [2.05, 4.69) is 19.7 Å². The highest BCUT2D eigenvalue weighted by Gasteiger charge is 2.15. The maximum atomic E-state index is 13.0. The number of benzene rings is 3. The van der Waals surface area contributed by atoms with Gasteiger partial charge in [0.25, 0.3) is 0 Å². The van der Waals surface area contributed by atoms with E-state index in [1.165, 1.54) is 12.1 Å². The Morgan fingerprint density at radius 2 is 1.20 bits per heavy atom. The molecule has 0 unspecified atom stereocenters. The molecule has 40 heavy (non-hydrogen) atoms. The summed E-state index contributed by atoms with van der Waals surface area (Å²) in [5.41, 5.74) is 4.67. The Hall–Kier alpha value is -5.24. The second-order valence-electron chi connectivity index (χ2n) is 8.49. The SMILES string of the molecule is C=CC(=O)OCc1ccc(-c2ccc(OC(=O)c3ccc(COC(=O)C=C)c(COC(=O)C=C)c3)c(C)c2)cc1. The van der Waals surface area contributed by atoms with E-state index in [0.717, 1.165) is 40.5 Å². The Morgan fingerprint density at radius 3 is 1.77 bits per heavy atom. The van der Waals surface area contributed by atoms with Crippen LogP contribution in [0.25, 0.3) is 11.1 Å². The smallest absolute Gasteiger partial charge is 0.343 e. The average Bonchev–Trinajstić information content (AvgIpc) is 2.98. The van der Waals surface area contributed by atoms with E-state index in [1.807, 2.05) is 43.3 Å². The number of ether oxygens (including phenoxy) is 4. The van der Waals surface area contributed by atoms with E-state index < -0.39 is 23.9 Å². The summed E-state index contributed by atoms with van der Waals surface area (Å²) in [6.07, 6.45) is 3.18. The van der Waals surface area contributed by atoms with E-state index in [0.29, 0.717) is 16.9 Å². The van der Waals surface area contributed by atoms with Crippen molar-refractivity contribution in [1.29, 1.82) is 0 Å². The third kappa shape index (κ3) is 8.13. The number of rotatable bonds is 12. The van der Waals surface area contributed by atoms with Crippen LogP contribution < -0.4 is 4.74 Å². The fourth-order valence-electron chi connectivity index (χ4n) is 3.55. The molecule has 0 heterocycles. The standard InChI is InChI=1S/C32H28O8/c1-5-29(33)37-18-22-8-10-23(11-9-22)24-14-15-28(21(4)16-24)40-32(36)25-12-13-26(19-38-30(34)6-2)27(17-25)20-39-31(35)7-3/h5-17H,1-3,18-20H2,4H3. The molecular formula is C32H28O8. The highest BCUT2D eigenvalue weighted by molar-refractivity contribution is 5.91. The van der Waals surface area contributed by atoms with Crippen LogP contribution in [0.3, 0.4) is 0 Å². The van der Waals surface area contributed by atoms with Crippen molar-refractivity contribution in [2.75, 3.05) is 0 Å². The summed E-state index contributed by atoms with van der Waals surface area (Å²) < 4.78 is 20.9. The monoisotopic (exact) mass is 540 g/mol. The van der Waals surface area contributed by atoms with Gasteiger partial charge in [0.1, 0.15) is 25.6 Å². The summed E-state index contributed by atoms with van der Waals surface area (Å²) >= 11 is 0. The highest BCUT2D eigenvalue weighted by atomic mass is 16.5. The Labute approximate surface area is 232 Å². The largest absolute Gasteiger partial charge is 0.458 e. The normalized spacial score (nSPS) is 10.1. The lowest BCUT2D eigenvalue weighted by Crippen LogP contribution is -2.12. The van der Waals surface area contributed by atoms with Crippen molar-refractivity contribution >= 4 is 23.9 Å². The molecule has 204 valence electrons. The first-order valence-electron chi connectivity index (χ1n) is 12.2. The molecule has 0 amide bonds. The molecule has 0 aliphatic carbocycles. The van der Waals surface area contributed by atoms with Gasteiger partial charge in [0.2, 0.25) is 0 Å². The molecule has 0 aliphatic heterocycles. The van der Waals surface area contributed by atoms with Crippen LogP contribution >= 0.6 is 0 Å². The molecule has 0 spiro atoms. The molecule has 3 aromatic carbocycles. The van der Waals surface area contributed by atoms with Crippen molar-refractivity contribution in [2.24, 2.45) is 0 Å². The van der Waals surface area contributed by atoms with E-state index in [-0.39, 0.29) is 25.4 Å². The summed E-state index contributed by atoms with van der Waals surface area (Å²) in [6, 6.07) is 17.6. The van der Waals surface area contributed by atoms with Gasteiger partial charge in [0.05, 0.1) is 5.56 Å². The van der Waals surface area contributed by atoms with Crippen LogP contribution in [0.1, 0.15) is 32.6 Å². The second kappa shape index (κ2) is 14.1. The maximum absolute atomic E-state index is 13.0. The predicted octanol–water partition coefficient (Wildman–Crippen LogP) is 5.57. The number of hydrogen-bond donors (Lipinski definition) is 0. The molecule has 0 saturated heterocycles.